The van der Waals surface area contributed by atoms with Crippen LogP contribution in [-0.4, -0.2) is 12.7 Å². The van der Waals surface area contributed by atoms with E-state index in [1.807, 2.05) is 46.2 Å². The van der Waals surface area contributed by atoms with Crippen molar-refractivity contribution in [3.05, 3.63) is 127 Å². The molecule has 8 rings (SSSR count). The first-order chi connectivity index (χ1) is 18.3. The molecule has 2 heterocycles. The molecule has 0 saturated heterocycles. The molecule has 2 aliphatic rings. The molecule has 0 atom stereocenters. The highest BCUT2D eigenvalue weighted by Gasteiger charge is 2.43. The van der Waals surface area contributed by atoms with E-state index in [0.29, 0.717) is 0 Å². The van der Waals surface area contributed by atoms with Crippen molar-refractivity contribution >= 4 is 73.4 Å². The first-order valence-electron chi connectivity index (χ1n) is 12.6. The molecule has 0 N–H and O–H groups in total. The number of amides is 2. The largest absolute Gasteiger partial charge is 0.338 e. The van der Waals surface area contributed by atoms with Crippen LogP contribution in [0.15, 0.2) is 127 Å². The molecule has 37 heavy (non-hydrogen) atoms. The van der Waals surface area contributed by atoms with Gasteiger partial charge in [-0.25, -0.2) is 4.79 Å². The predicted octanol–water partition coefficient (Wildman–Crippen LogP) is 6.23. The first kappa shape index (κ1) is 20.4. The summed E-state index contributed by atoms with van der Waals surface area (Å²) in [5.74, 6) is 0. The predicted molar refractivity (Wildman–Crippen MR) is 155 cm³/mol. The van der Waals surface area contributed by atoms with E-state index in [4.69, 9.17) is 0 Å². The van der Waals surface area contributed by atoms with Crippen LogP contribution in [0.1, 0.15) is 0 Å². The minimum Gasteiger partial charge on any atom is -0.263 e. The third-order valence-corrected chi connectivity index (χ3v) is 7.80. The van der Waals surface area contributed by atoms with Gasteiger partial charge >= 0.3 is 6.03 Å². The van der Waals surface area contributed by atoms with Crippen LogP contribution in [-0.2, 0) is 0 Å². The lowest BCUT2D eigenvalue weighted by molar-refractivity contribution is 0.255. The Bertz CT molecular complexity index is 1870. The third-order valence-electron chi connectivity index (χ3n) is 7.80. The molecule has 3 nitrogen and oxygen atoms in total. The van der Waals surface area contributed by atoms with Gasteiger partial charge in [0.1, 0.15) is 0 Å². The minimum atomic E-state index is -0.0540. The van der Waals surface area contributed by atoms with E-state index in [1.165, 1.54) is 10.8 Å². The molecule has 0 unspecified atom stereocenters. The maximum absolute atomic E-state index is 14.5. The van der Waals surface area contributed by atoms with Crippen LogP contribution in [0.3, 0.4) is 0 Å². The topological polar surface area (TPSA) is 23.6 Å². The number of benzene rings is 6. The van der Waals surface area contributed by atoms with E-state index in [2.05, 4.69) is 91.0 Å². The summed E-state index contributed by atoms with van der Waals surface area (Å²) in [4.78, 5) is 18.4. The molecular formula is C33H21BN2O. The van der Waals surface area contributed by atoms with E-state index >= 15 is 0 Å². The number of nitrogens with zero attached hydrogens (tertiary/aromatic N) is 2. The van der Waals surface area contributed by atoms with Crippen molar-refractivity contribution in [3.8, 4) is 0 Å². The molecular weight excluding hydrogens is 451 g/mol. The molecule has 0 aliphatic carbocycles. The van der Waals surface area contributed by atoms with Crippen molar-refractivity contribution in [2.45, 2.75) is 0 Å². The van der Waals surface area contributed by atoms with Gasteiger partial charge in [-0.05, 0) is 51.3 Å². The fourth-order valence-corrected chi connectivity index (χ4v) is 6.29. The summed E-state index contributed by atoms with van der Waals surface area (Å²) >= 11 is 0. The van der Waals surface area contributed by atoms with Crippen molar-refractivity contribution in [1.82, 2.24) is 0 Å². The summed E-state index contributed by atoms with van der Waals surface area (Å²) in [5, 5.41) is 4.61. The number of anilines is 4. The highest BCUT2D eigenvalue weighted by Crippen LogP contribution is 2.48. The minimum absolute atomic E-state index is 0.0449. The molecule has 6 aromatic carbocycles. The Morgan fingerprint density at radius 3 is 2.08 bits per heavy atom. The Morgan fingerprint density at radius 2 is 1.24 bits per heavy atom. The number of carbonyl (C=O) groups excluding carboxylic acids is 1. The van der Waals surface area contributed by atoms with Crippen molar-refractivity contribution in [1.29, 1.82) is 0 Å². The van der Waals surface area contributed by atoms with Gasteiger partial charge in [-0.2, -0.15) is 0 Å². The zero-order valence-corrected chi connectivity index (χ0v) is 20.0. The Morgan fingerprint density at radius 1 is 0.541 bits per heavy atom. The number of hydrogen-bond acceptors (Lipinski definition) is 1. The zero-order valence-electron chi connectivity index (χ0n) is 20.0. The summed E-state index contributed by atoms with van der Waals surface area (Å²) in [7, 11) is 0. The Balaban J connectivity index is 1.56. The SMILES string of the molecule is O=C1N(c2ccccc2)c2cc3ccccc3c3ccc4c(c23)N1c1ccccc1B4c1ccccc1. The number of fused-ring (bicyclic) bond motifs is 4. The summed E-state index contributed by atoms with van der Waals surface area (Å²) < 4.78 is 0. The summed E-state index contributed by atoms with van der Waals surface area (Å²) in [5.41, 5.74) is 7.28. The van der Waals surface area contributed by atoms with Crippen molar-refractivity contribution in [2.75, 3.05) is 9.80 Å². The molecule has 172 valence electrons. The van der Waals surface area contributed by atoms with E-state index in [1.54, 1.807) is 0 Å². The Hall–Kier alpha value is -4.83. The van der Waals surface area contributed by atoms with Crippen molar-refractivity contribution in [3.63, 3.8) is 0 Å². The number of rotatable bonds is 2. The van der Waals surface area contributed by atoms with Crippen molar-refractivity contribution in [2.24, 2.45) is 0 Å². The molecule has 4 heteroatoms. The standard InChI is InChI=1S/C33H21BN2O/c37-33-35(24-14-5-2-6-15-24)30-21-22-11-7-8-16-25(22)26-19-20-28-32(31(26)30)36(33)29-18-10-9-17-27(29)34(28)23-12-3-1-4-13-23/h1-21H. The molecule has 0 radical (unpaired) electrons. The number of carbonyl (C=O) groups is 1. The van der Waals surface area contributed by atoms with Crippen LogP contribution >= 0.6 is 0 Å². The monoisotopic (exact) mass is 472 g/mol. The van der Waals surface area contributed by atoms with Gasteiger partial charge in [-0.3, -0.25) is 9.80 Å². The fraction of sp³-hybridized carbons (Fsp3) is 0. The molecule has 0 saturated carbocycles. The van der Waals surface area contributed by atoms with Crippen LogP contribution < -0.4 is 26.2 Å². The second-order valence-corrected chi connectivity index (χ2v) is 9.73. The van der Waals surface area contributed by atoms with E-state index in [-0.39, 0.29) is 12.7 Å². The normalized spacial score (nSPS) is 13.8. The van der Waals surface area contributed by atoms with Gasteiger partial charge in [-0.1, -0.05) is 109 Å². The quantitative estimate of drug-likeness (QED) is 0.216. The summed E-state index contributed by atoms with van der Waals surface area (Å²) in [6.07, 6.45) is 0. The molecule has 0 spiro atoms. The lowest BCUT2D eigenvalue weighted by Crippen LogP contribution is -2.60. The smallest absolute Gasteiger partial charge is 0.263 e. The van der Waals surface area contributed by atoms with Gasteiger partial charge in [0, 0.05) is 11.1 Å². The van der Waals surface area contributed by atoms with Crippen molar-refractivity contribution < 1.29 is 4.79 Å². The van der Waals surface area contributed by atoms with Crippen LogP contribution in [0.2, 0.25) is 0 Å². The number of para-hydroxylation sites is 2. The molecule has 0 bridgehead atoms. The molecule has 0 aromatic heterocycles. The van der Waals surface area contributed by atoms with Gasteiger partial charge in [0.25, 0.3) is 0 Å². The summed E-state index contributed by atoms with van der Waals surface area (Å²) in [6.45, 7) is 0.0449. The fourth-order valence-electron chi connectivity index (χ4n) is 6.29. The van der Waals surface area contributed by atoms with E-state index < -0.39 is 0 Å². The van der Waals surface area contributed by atoms with Crippen LogP contribution in [0.4, 0.5) is 27.5 Å². The maximum Gasteiger partial charge on any atom is 0.338 e. The maximum atomic E-state index is 14.5. The van der Waals surface area contributed by atoms with Crippen LogP contribution in [0.25, 0.3) is 21.5 Å². The van der Waals surface area contributed by atoms with Gasteiger partial charge in [0.05, 0.1) is 17.1 Å². The van der Waals surface area contributed by atoms with Gasteiger partial charge in [0.2, 0.25) is 6.71 Å². The zero-order chi connectivity index (χ0) is 24.5. The highest BCUT2D eigenvalue weighted by molar-refractivity contribution is 6.98. The summed E-state index contributed by atoms with van der Waals surface area (Å²) in [6, 6.07) is 44.0. The van der Waals surface area contributed by atoms with Crippen LogP contribution in [0.5, 0.6) is 0 Å². The average molecular weight is 472 g/mol. The Kier molecular flexibility index (Phi) is 4.18. The molecule has 2 amide bonds. The first-order valence-corrected chi connectivity index (χ1v) is 12.6. The molecule has 2 aliphatic heterocycles. The lowest BCUT2D eigenvalue weighted by atomic mass is 9.35. The van der Waals surface area contributed by atoms with E-state index in [9.17, 15) is 4.79 Å². The van der Waals surface area contributed by atoms with E-state index in [0.717, 1.165) is 49.8 Å². The van der Waals surface area contributed by atoms with Gasteiger partial charge in [0.15, 0.2) is 0 Å². The molecule has 0 fully saturated rings. The number of urea groups is 1. The second-order valence-electron chi connectivity index (χ2n) is 9.73. The van der Waals surface area contributed by atoms with Gasteiger partial charge < -0.3 is 0 Å². The lowest BCUT2D eigenvalue weighted by Gasteiger charge is -2.43. The van der Waals surface area contributed by atoms with Gasteiger partial charge in [-0.15, -0.1) is 0 Å². The highest BCUT2D eigenvalue weighted by atomic mass is 16.2. The third kappa shape index (κ3) is 2.75. The Labute approximate surface area is 215 Å². The molecule has 6 aromatic rings. The number of hydrogen-bond donors (Lipinski definition) is 0. The average Bonchev–Trinajstić information content (AvgIpc) is 2.96. The second kappa shape index (κ2) is 7.58. The van der Waals surface area contributed by atoms with Crippen LogP contribution in [0, 0.1) is 0 Å².